The molecule has 0 saturated heterocycles. The smallest absolute Gasteiger partial charge is 0.0392 e. The summed E-state index contributed by atoms with van der Waals surface area (Å²) in [5, 5.41) is 1.32. The van der Waals surface area contributed by atoms with E-state index in [4.69, 9.17) is 0 Å². The molecule has 0 fully saturated rings. The lowest BCUT2D eigenvalue weighted by atomic mass is 10.2. The molecule has 0 saturated carbocycles. The average Bonchev–Trinajstić information content (AvgIpc) is 2.35. The van der Waals surface area contributed by atoms with Crippen molar-refractivity contribution in [2.24, 2.45) is 0 Å². The van der Waals surface area contributed by atoms with E-state index in [1.165, 1.54) is 80.8 Å². The van der Waals surface area contributed by atoms with Crippen LogP contribution in [0.4, 0.5) is 0 Å². The molecule has 0 aliphatic carbocycles. The van der Waals surface area contributed by atoms with E-state index in [0.29, 0.717) is 0 Å². The van der Waals surface area contributed by atoms with Crippen molar-refractivity contribution < 1.29 is 0 Å². The average molecular weight is 277 g/mol. The van der Waals surface area contributed by atoms with Gasteiger partial charge in [0.25, 0.3) is 0 Å². The van der Waals surface area contributed by atoms with Gasteiger partial charge in [0.15, 0.2) is 0 Å². The largest absolute Gasteiger partial charge is 0.151 e. The summed E-state index contributed by atoms with van der Waals surface area (Å²) in [6, 6.07) is 0. The lowest BCUT2D eigenvalue weighted by Crippen LogP contribution is -1.85. The fourth-order valence-electron chi connectivity index (χ4n) is 1.79. The van der Waals surface area contributed by atoms with Crippen molar-refractivity contribution in [3.8, 4) is 0 Å². The molecule has 0 bridgehead atoms. The first-order chi connectivity index (χ1) is 8.41. The fourth-order valence-corrected chi connectivity index (χ4v) is 4.02. The Morgan fingerprint density at radius 1 is 0.529 bits per heavy atom. The Labute approximate surface area is 118 Å². The van der Waals surface area contributed by atoms with Crippen LogP contribution in [-0.2, 0) is 0 Å². The van der Waals surface area contributed by atoms with Crippen molar-refractivity contribution in [2.75, 3.05) is 16.6 Å². The van der Waals surface area contributed by atoms with E-state index in [1.54, 1.807) is 0 Å². The number of hydrogen-bond donors (Lipinski definition) is 0. The molecule has 104 valence electrons. The molecule has 0 aliphatic rings. The lowest BCUT2D eigenvalue weighted by Gasteiger charge is -2.02. The Bertz CT molecular complexity index is 112. The molecule has 0 rings (SSSR count). The van der Waals surface area contributed by atoms with Crippen LogP contribution < -0.4 is 0 Å². The Hall–Kier alpha value is 0.700. The highest BCUT2D eigenvalue weighted by atomic mass is 32.2. The van der Waals surface area contributed by atoms with Crippen LogP contribution in [0.2, 0.25) is 0 Å². The van der Waals surface area contributed by atoms with Gasteiger partial charge in [-0.05, 0) is 24.3 Å². The number of unbranched alkanes of at least 4 members (excludes halogenated alkanes) is 8. The molecule has 0 aliphatic heterocycles. The second-order valence-corrected chi connectivity index (χ2v) is 7.34. The Balaban J connectivity index is 2.85. The minimum absolute atomic E-state index is 1.32. The molecular weight excluding hydrogens is 244 g/mol. The predicted molar refractivity (Wildman–Crippen MR) is 87.3 cm³/mol. The standard InChI is InChI=1S/C15H32S2/c1-3-5-7-9-11-13-16-15-17-14-12-10-8-6-4-2/h3-15H2,1-2H3. The zero-order valence-electron chi connectivity index (χ0n) is 12.0. The predicted octanol–water partition coefficient (Wildman–Crippen LogP) is 6.35. The third-order valence-corrected chi connectivity index (χ3v) is 5.44. The molecule has 0 unspecified atom stereocenters. The molecule has 0 amide bonds. The van der Waals surface area contributed by atoms with E-state index in [9.17, 15) is 0 Å². The lowest BCUT2D eigenvalue weighted by molar-refractivity contribution is 0.659. The Morgan fingerprint density at radius 3 is 1.35 bits per heavy atom. The summed E-state index contributed by atoms with van der Waals surface area (Å²) < 4.78 is 0. The van der Waals surface area contributed by atoms with Crippen LogP contribution in [0.5, 0.6) is 0 Å². The molecule has 0 aromatic rings. The molecular formula is C15H32S2. The van der Waals surface area contributed by atoms with Crippen LogP contribution in [-0.4, -0.2) is 16.6 Å². The second kappa shape index (κ2) is 16.7. The maximum atomic E-state index is 2.28. The van der Waals surface area contributed by atoms with Gasteiger partial charge in [-0.25, -0.2) is 0 Å². The molecule has 0 spiro atoms. The van der Waals surface area contributed by atoms with Gasteiger partial charge >= 0.3 is 0 Å². The first kappa shape index (κ1) is 17.7. The third kappa shape index (κ3) is 16.7. The molecule has 0 radical (unpaired) electrons. The van der Waals surface area contributed by atoms with Crippen molar-refractivity contribution in [3.05, 3.63) is 0 Å². The minimum Gasteiger partial charge on any atom is -0.151 e. The van der Waals surface area contributed by atoms with E-state index >= 15 is 0 Å². The van der Waals surface area contributed by atoms with E-state index in [1.807, 2.05) is 0 Å². The Kier molecular flexibility index (Phi) is 17.4. The SMILES string of the molecule is CCCCCCCSCSCCCCCCC. The molecule has 17 heavy (non-hydrogen) atoms. The van der Waals surface area contributed by atoms with Gasteiger partial charge in [-0.3, -0.25) is 0 Å². The monoisotopic (exact) mass is 276 g/mol. The van der Waals surface area contributed by atoms with Crippen molar-refractivity contribution in [3.63, 3.8) is 0 Å². The van der Waals surface area contributed by atoms with Crippen molar-refractivity contribution in [2.45, 2.75) is 78.1 Å². The van der Waals surface area contributed by atoms with Crippen LogP contribution in [0.3, 0.4) is 0 Å². The van der Waals surface area contributed by atoms with Crippen LogP contribution >= 0.6 is 23.5 Å². The van der Waals surface area contributed by atoms with Gasteiger partial charge in [-0.1, -0.05) is 65.2 Å². The molecule has 0 nitrogen and oxygen atoms in total. The van der Waals surface area contributed by atoms with Crippen LogP contribution in [0.25, 0.3) is 0 Å². The van der Waals surface area contributed by atoms with Crippen molar-refractivity contribution >= 4 is 23.5 Å². The van der Waals surface area contributed by atoms with Gasteiger partial charge < -0.3 is 0 Å². The fraction of sp³-hybridized carbons (Fsp3) is 1.00. The summed E-state index contributed by atoms with van der Waals surface area (Å²) in [5.41, 5.74) is 0. The topological polar surface area (TPSA) is 0 Å². The molecule has 2 heteroatoms. The number of rotatable bonds is 14. The maximum absolute atomic E-state index is 2.28. The molecule has 0 aromatic carbocycles. The summed E-state index contributed by atoms with van der Waals surface area (Å²) in [6.45, 7) is 4.57. The zero-order valence-corrected chi connectivity index (χ0v) is 13.6. The molecule has 0 atom stereocenters. The van der Waals surface area contributed by atoms with Crippen molar-refractivity contribution in [1.29, 1.82) is 0 Å². The van der Waals surface area contributed by atoms with Crippen LogP contribution in [0, 0.1) is 0 Å². The maximum Gasteiger partial charge on any atom is 0.0392 e. The van der Waals surface area contributed by atoms with E-state index in [-0.39, 0.29) is 0 Å². The van der Waals surface area contributed by atoms with Crippen molar-refractivity contribution in [1.82, 2.24) is 0 Å². The van der Waals surface area contributed by atoms with Gasteiger partial charge in [0.05, 0.1) is 0 Å². The summed E-state index contributed by atoms with van der Waals surface area (Å²) >= 11 is 4.29. The van der Waals surface area contributed by atoms with Gasteiger partial charge in [0, 0.05) is 5.08 Å². The van der Waals surface area contributed by atoms with Gasteiger partial charge in [0.2, 0.25) is 0 Å². The molecule has 0 N–H and O–H groups in total. The summed E-state index contributed by atoms with van der Waals surface area (Å²) in [4.78, 5) is 0. The summed E-state index contributed by atoms with van der Waals surface area (Å²) in [5.74, 6) is 2.76. The third-order valence-electron chi connectivity index (χ3n) is 2.95. The minimum atomic E-state index is 1.32. The highest BCUT2D eigenvalue weighted by Gasteiger charge is 1.93. The summed E-state index contributed by atoms with van der Waals surface area (Å²) in [6.07, 6.45) is 14.2. The highest BCUT2D eigenvalue weighted by Crippen LogP contribution is 2.16. The van der Waals surface area contributed by atoms with E-state index < -0.39 is 0 Å². The number of hydrogen-bond acceptors (Lipinski definition) is 2. The quantitative estimate of drug-likeness (QED) is 0.268. The van der Waals surface area contributed by atoms with Gasteiger partial charge in [0.1, 0.15) is 0 Å². The zero-order chi connectivity index (χ0) is 12.6. The molecule has 0 heterocycles. The van der Waals surface area contributed by atoms with Gasteiger partial charge in [-0.2, -0.15) is 23.5 Å². The highest BCUT2D eigenvalue weighted by molar-refractivity contribution is 8.15. The van der Waals surface area contributed by atoms with E-state index in [0.717, 1.165) is 0 Å². The number of thioether (sulfide) groups is 2. The first-order valence-corrected chi connectivity index (χ1v) is 9.88. The van der Waals surface area contributed by atoms with Crippen LogP contribution in [0.1, 0.15) is 78.1 Å². The van der Waals surface area contributed by atoms with Gasteiger partial charge in [-0.15, -0.1) is 0 Å². The molecule has 0 aromatic heterocycles. The summed E-state index contributed by atoms with van der Waals surface area (Å²) in [7, 11) is 0. The Morgan fingerprint density at radius 2 is 0.941 bits per heavy atom. The van der Waals surface area contributed by atoms with E-state index in [2.05, 4.69) is 37.4 Å². The first-order valence-electron chi connectivity index (χ1n) is 7.57. The second-order valence-electron chi connectivity index (χ2n) is 4.76. The normalized spacial score (nSPS) is 10.9. The van der Waals surface area contributed by atoms with Crippen LogP contribution in [0.15, 0.2) is 0 Å².